The van der Waals surface area contributed by atoms with Crippen LogP contribution in [-0.2, 0) is 10.1 Å². The molecule has 96 valence electrons. The normalized spacial score (nSPS) is 11.2. The number of aromatic nitrogens is 2. The Morgan fingerprint density at radius 2 is 2.22 bits per heavy atom. The van der Waals surface area contributed by atoms with E-state index in [0.29, 0.717) is 10.9 Å². The van der Waals surface area contributed by atoms with Gasteiger partial charge >= 0.3 is 5.97 Å². The first-order valence-corrected chi connectivity index (χ1v) is 6.86. The Kier molecular flexibility index (Phi) is 3.71. The van der Waals surface area contributed by atoms with Crippen molar-refractivity contribution in [3.63, 3.8) is 0 Å². The van der Waals surface area contributed by atoms with Crippen molar-refractivity contribution < 1.29 is 9.53 Å². The molecule has 0 amide bonds. The number of ether oxygens (including phenoxy) is 1. The first-order valence-electron chi connectivity index (χ1n) is 5.74. The minimum atomic E-state index is -0.325. The van der Waals surface area contributed by atoms with Crippen molar-refractivity contribution in [2.24, 2.45) is 0 Å². The Morgan fingerprint density at radius 1 is 1.50 bits per heavy atom. The van der Waals surface area contributed by atoms with E-state index in [1.54, 1.807) is 6.07 Å². The topological polar surface area (TPSA) is 44.1 Å². The number of fused-ring (bicyclic) bond motifs is 1. The molecule has 0 unspecified atom stereocenters. The average molecular weight is 311 g/mol. The molecule has 2 aromatic rings. The van der Waals surface area contributed by atoms with Gasteiger partial charge in [-0.05, 0) is 26.0 Å². The number of esters is 1. The summed E-state index contributed by atoms with van der Waals surface area (Å²) in [5.41, 5.74) is 2.49. The van der Waals surface area contributed by atoms with Gasteiger partial charge in [0.05, 0.1) is 23.9 Å². The number of carbonyl (C=O) groups excluding carboxylic acids is 1. The molecule has 5 heteroatoms. The van der Waals surface area contributed by atoms with Gasteiger partial charge in [-0.1, -0.05) is 22.0 Å². The Morgan fingerprint density at radius 3 is 2.78 bits per heavy atom. The fraction of sp³-hybridized carbons (Fsp3) is 0.385. The fourth-order valence-corrected chi connectivity index (χ4v) is 2.35. The van der Waals surface area contributed by atoms with Crippen molar-refractivity contribution in [1.82, 2.24) is 9.78 Å². The van der Waals surface area contributed by atoms with Crippen LogP contribution < -0.4 is 0 Å². The number of nitrogens with zero attached hydrogens (tertiary/aromatic N) is 2. The highest BCUT2D eigenvalue weighted by molar-refractivity contribution is 9.08. The molecule has 0 aliphatic rings. The van der Waals surface area contributed by atoms with Crippen LogP contribution in [0.4, 0.5) is 0 Å². The summed E-state index contributed by atoms with van der Waals surface area (Å²) in [7, 11) is 1.39. The number of halogens is 1. The molecule has 0 radical (unpaired) electrons. The quantitative estimate of drug-likeness (QED) is 0.645. The first kappa shape index (κ1) is 13.1. The molecule has 0 spiro atoms. The van der Waals surface area contributed by atoms with E-state index >= 15 is 0 Å². The SMILES string of the molecule is COC(=O)c1ccc2c(CBr)nn(C(C)C)c2c1. The number of hydrogen-bond donors (Lipinski definition) is 0. The lowest BCUT2D eigenvalue weighted by Crippen LogP contribution is -2.04. The highest BCUT2D eigenvalue weighted by Crippen LogP contribution is 2.24. The minimum absolute atomic E-state index is 0.244. The molecular formula is C13H15BrN2O2. The van der Waals surface area contributed by atoms with Gasteiger partial charge in [0.15, 0.2) is 0 Å². The summed E-state index contributed by atoms with van der Waals surface area (Å²) in [5.74, 6) is -0.325. The lowest BCUT2D eigenvalue weighted by Gasteiger charge is -2.07. The Labute approximate surface area is 114 Å². The molecule has 1 aromatic carbocycles. The molecule has 0 saturated heterocycles. The van der Waals surface area contributed by atoms with Crippen molar-refractivity contribution in [2.45, 2.75) is 25.2 Å². The molecule has 1 aromatic heterocycles. The van der Waals surface area contributed by atoms with Crippen LogP contribution in [0.15, 0.2) is 18.2 Å². The molecule has 0 saturated carbocycles. The van der Waals surface area contributed by atoms with Crippen LogP contribution in [0, 0.1) is 0 Å². The molecular weight excluding hydrogens is 296 g/mol. The van der Waals surface area contributed by atoms with Crippen LogP contribution in [0.5, 0.6) is 0 Å². The van der Waals surface area contributed by atoms with E-state index in [4.69, 9.17) is 4.74 Å². The summed E-state index contributed by atoms with van der Waals surface area (Å²) in [6.45, 7) is 4.13. The summed E-state index contributed by atoms with van der Waals surface area (Å²) in [5, 5.41) is 6.31. The predicted octanol–water partition coefficient (Wildman–Crippen LogP) is 3.30. The lowest BCUT2D eigenvalue weighted by atomic mass is 10.1. The van der Waals surface area contributed by atoms with E-state index in [2.05, 4.69) is 34.9 Å². The highest BCUT2D eigenvalue weighted by atomic mass is 79.9. The maximum Gasteiger partial charge on any atom is 0.337 e. The Bertz CT molecular complexity index is 590. The molecule has 0 aliphatic carbocycles. The molecule has 1 heterocycles. The van der Waals surface area contributed by atoms with Crippen LogP contribution in [0.3, 0.4) is 0 Å². The number of methoxy groups -OCH3 is 1. The molecule has 0 fully saturated rings. The van der Waals surface area contributed by atoms with Gasteiger partial charge in [-0.3, -0.25) is 4.68 Å². The van der Waals surface area contributed by atoms with Gasteiger partial charge in [0.1, 0.15) is 0 Å². The smallest absolute Gasteiger partial charge is 0.337 e. The number of alkyl halides is 1. The van der Waals surface area contributed by atoms with E-state index in [-0.39, 0.29) is 12.0 Å². The van der Waals surface area contributed by atoms with E-state index in [1.807, 2.05) is 16.8 Å². The second-order valence-electron chi connectivity index (χ2n) is 4.34. The van der Waals surface area contributed by atoms with Crippen LogP contribution in [0.25, 0.3) is 10.9 Å². The van der Waals surface area contributed by atoms with Crippen molar-refractivity contribution >= 4 is 32.8 Å². The van der Waals surface area contributed by atoms with Gasteiger partial charge < -0.3 is 4.74 Å². The van der Waals surface area contributed by atoms with Crippen LogP contribution in [0.2, 0.25) is 0 Å². The second kappa shape index (κ2) is 5.10. The van der Waals surface area contributed by atoms with Gasteiger partial charge in [0.2, 0.25) is 0 Å². The third kappa shape index (κ3) is 2.14. The second-order valence-corrected chi connectivity index (χ2v) is 4.90. The summed E-state index contributed by atoms with van der Waals surface area (Å²) < 4.78 is 6.67. The number of benzene rings is 1. The van der Waals surface area contributed by atoms with E-state index < -0.39 is 0 Å². The van der Waals surface area contributed by atoms with Crippen molar-refractivity contribution in [2.75, 3.05) is 7.11 Å². The third-order valence-corrected chi connectivity index (χ3v) is 3.35. The molecule has 0 bridgehead atoms. The van der Waals surface area contributed by atoms with Crippen molar-refractivity contribution in [3.8, 4) is 0 Å². The predicted molar refractivity (Wildman–Crippen MR) is 74.1 cm³/mol. The van der Waals surface area contributed by atoms with Crippen LogP contribution in [-0.4, -0.2) is 22.9 Å². The Balaban J connectivity index is 2.66. The van der Waals surface area contributed by atoms with Gasteiger partial charge in [0.25, 0.3) is 0 Å². The maximum atomic E-state index is 11.6. The van der Waals surface area contributed by atoms with E-state index in [0.717, 1.165) is 16.6 Å². The zero-order valence-corrected chi connectivity index (χ0v) is 12.2. The minimum Gasteiger partial charge on any atom is -0.465 e. The summed E-state index contributed by atoms with van der Waals surface area (Å²) in [4.78, 5) is 11.6. The zero-order valence-electron chi connectivity index (χ0n) is 10.6. The number of hydrogen-bond acceptors (Lipinski definition) is 3. The third-order valence-electron chi connectivity index (χ3n) is 2.82. The number of rotatable bonds is 3. The molecule has 4 nitrogen and oxygen atoms in total. The molecule has 0 N–H and O–H groups in total. The van der Waals surface area contributed by atoms with Gasteiger partial charge in [-0.2, -0.15) is 5.10 Å². The zero-order chi connectivity index (χ0) is 13.3. The first-order chi connectivity index (χ1) is 8.58. The van der Waals surface area contributed by atoms with Gasteiger partial charge in [-0.15, -0.1) is 0 Å². The monoisotopic (exact) mass is 310 g/mol. The average Bonchev–Trinajstić information content (AvgIpc) is 2.75. The van der Waals surface area contributed by atoms with E-state index in [9.17, 15) is 4.79 Å². The number of carbonyl (C=O) groups is 1. The lowest BCUT2D eigenvalue weighted by molar-refractivity contribution is 0.0601. The molecule has 18 heavy (non-hydrogen) atoms. The van der Waals surface area contributed by atoms with Crippen LogP contribution in [0.1, 0.15) is 35.9 Å². The van der Waals surface area contributed by atoms with Crippen molar-refractivity contribution in [3.05, 3.63) is 29.5 Å². The Hall–Kier alpha value is -1.36. The summed E-state index contributed by atoms with van der Waals surface area (Å²) in [6, 6.07) is 5.77. The molecule has 2 rings (SSSR count). The largest absolute Gasteiger partial charge is 0.465 e. The summed E-state index contributed by atoms with van der Waals surface area (Å²) >= 11 is 3.43. The van der Waals surface area contributed by atoms with E-state index in [1.165, 1.54) is 7.11 Å². The summed E-state index contributed by atoms with van der Waals surface area (Å²) in [6.07, 6.45) is 0. The maximum absolute atomic E-state index is 11.6. The van der Waals surface area contributed by atoms with Gasteiger partial charge in [0, 0.05) is 16.8 Å². The standard InChI is InChI=1S/C13H15BrN2O2/c1-8(2)16-12-6-9(13(17)18-3)4-5-10(12)11(7-14)15-16/h4-6,8H,7H2,1-3H3. The molecule has 0 aliphatic heterocycles. The molecule has 0 atom stereocenters. The van der Waals surface area contributed by atoms with Gasteiger partial charge in [-0.25, -0.2) is 4.79 Å². The van der Waals surface area contributed by atoms with Crippen molar-refractivity contribution in [1.29, 1.82) is 0 Å². The fourth-order valence-electron chi connectivity index (χ4n) is 1.94. The van der Waals surface area contributed by atoms with Crippen LogP contribution >= 0.6 is 15.9 Å². The highest BCUT2D eigenvalue weighted by Gasteiger charge is 2.14.